The van der Waals surface area contributed by atoms with E-state index >= 15 is 0 Å². The molecule has 10 aromatic rings. The molecule has 2 aromatic heterocycles. The predicted octanol–water partition coefficient (Wildman–Crippen LogP) is 14.5. The first-order valence-electron chi connectivity index (χ1n) is 26.4. The topological polar surface area (TPSA) is 106 Å². The molecule has 1 N–H and O–H groups in total. The number of halogens is 2. The highest BCUT2D eigenvalue weighted by atomic mass is 79.9. The maximum absolute atomic E-state index is 8.62. The van der Waals surface area contributed by atoms with Gasteiger partial charge in [-0.05, 0) is 119 Å². The lowest BCUT2D eigenvalue weighted by Gasteiger charge is -2.21. The van der Waals surface area contributed by atoms with E-state index in [9.17, 15) is 0 Å². The van der Waals surface area contributed by atoms with Crippen LogP contribution in [0.2, 0.25) is 0 Å². The summed E-state index contributed by atoms with van der Waals surface area (Å²) >= 11 is 7.04. The van der Waals surface area contributed by atoms with Crippen molar-refractivity contribution in [3.8, 4) is 23.0 Å². The zero-order chi connectivity index (χ0) is 56.6. The van der Waals surface area contributed by atoms with Crippen LogP contribution in [0.3, 0.4) is 0 Å². The molecule has 2 heterocycles. The molecule has 0 atom stereocenters. The summed E-state index contributed by atoms with van der Waals surface area (Å²) in [5.41, 5.74) is 8.30. The van der Waals surface area contributed by atoms with Crippen molar-refractivity contribution in [1.29, 1.82) is 0 Å². The van der Waals surface area contributed by atoms with Gasteiger partial charge in [-0.1, -0.05) is 165 Å². The third-order valence-electron chi connectivity index (χ3n) is 12.8. The van der Waals surface area contributed by atoms with Crippen molar-refractivity contribution in [1.82, 2.24) is 34.3 Å². The van der Waals surface area contributed by atoms with Crippen LogP contribution in [-0.4, -0.2) is 52.5 Å². The summed E-state index contributed by atoms with van der Waals surface area (Å²) in [5.74, 6) is 5.16. The summed E-state index contributed by atoms with van der Waals surface area (Å²) in [6.07, 6.45) is 5.68. The Morgan fingerprint density at radius 2 is 0.901 bits per heavy atom. The number of aryl methyl sites for hydroxylation is 2. The van der Waals surface area contributed by atoms with Crippen LogP contribution < -0.4 is 14.0 Å². The van der Waals surface area contributed by atoms with Gasteiger partial charge < -0.3 is 14.6 Å². The lowest BCUT2D eigenvalue weighted by molar-refractivity contribution is -0.697. The van der Waals surface area contributed by atoms with Crippen LogP contribution >= 0.6 is 31.9 Å². The number of rotatable bonds is 21. The number of hydrogen-bond donors (Lipinski definition) is 1. The molecule has 8 aromatic carbocycles. The zero-order valence-electron chi connectivity index (χ0n) is 45.3. The van der Waals surface area contributed by atoms with Gasteiger partial charge in [0, 0.05) is 47.3 Å². The monoisotopic (exact) mass is 1200 g/mol. The second-order valence-corrected chi connectivity index (χ2v) is 21.0. The molecule has 0 spiro atoms. The molecule has 0 aliphatic carbocycles. The van der Waals surface area contributed by atoms with Crippen molar-refractivity contribution in [2.75, 3.05) is 13.1 Å². The van der Waals surface area contributed by atoms with Crippen LogP contribution in [0.25, 0.3) is 9.69 Å². The zero-order valence-corrected chi connectivity index (χ0v) is 48.5. The van der Waals surface area contributed by atoms with Crippen molar-refractivity contribution < 1.29 is 19.1 Å². The standard InChI is InChI=1S/C33H31BrN5O.C25H25BrN4O.C8H7NO/c1-35-30-16-10-28(11-17-30)23-39-25-37(2)36-33(39)24-38(21-20-26-8-14-29(34)15-9-26)22-27-12-18-32(19-13-27)40-31-6-4-3-5-7-31;1-29-19-27-25(28-29)18-30(16-15-20-7-11-22(26)12-8-20)17-21-9-13-24(14-10-21)31-23-5-3-2-4-6-23;1-9-8-4-2-7(6-10)3-5-8/h3-19,25H,20-24H2,2H3;2-14,19H,15-18H2,1H3;2-5,10H,6H2/q+1;;. The first-order chi connectivity index (χ1) is 39.5. The van der Waals surface area contributed by atoms with E-state index in [0.29, 0.717) is 31.0 Å². The van der Waals surface area contributed by atoms with E-state index in [-0.39, 0.29) is 6.61 Å². The molecule has 13 nitrogen and oxygen atoms in total. The summed E-state index contributed by atoms with van der Waals surface area (Å²) < 4.78 is 19.9. The summed E-state index contributed by atoms with van der Waals surface area (Å²) in [7, 11) is 3.85. The Balaban J connectivity index is 0.000000185. The highest BCUT2D eigenvalue weighted by Gasteiger charge is 2.20. The van der Waals surface area contributed by atoms with Gasteiger partial charge in [-0.3, -0.25) is 14.5 Å². The minimum absolute atomic E-state index is 0.0400. The van der Waals surface area contributed by atoms with Gasteiger partial charge in [0.05, 0.1) is 46.4 Å². The van der Waals surface area contributed by atoms with Gasteiger partial charge in [0.1, 0.15) is 29.3 Å². The second-order valence-electron chi connectivity index (χ2n) is 19.2. The van der Waals surface area contributed by atoms with Crippen molar-refractivity contribution >= 4 is 43.2 Å². The molecule has 10 rings (SSSR count). The first-order valence-corrected chi connectivity index (χ1v) is 28.0. The molecule has 0 bridgehead atoms. The van der Waals surface area contributed by atoms with Crippen LogP contribution in [0.15, 0.2) is 228 Å². The molecule has 15 heteroatoms. The third-order valence-corrected chi connectivity index (χ3v) is 13.9. The molecule has 408 valence electrons. The predicted molar refractivity (Wildman–Crippen MR) is 325 cm³/mol. The summed E-state index contributed by atoms with van der Waals surface area (Å²) in [5, 5.41) is 17.9. The Labute approximate surface area is 491 Å². The molecule has 0 amide bonds. The average molecular weight is 1200 g/mol. The number of aliphatic hydroxyl groups excluding tert-OH is 1. The van der Waals surface area contributed by atoms with Crippen LogP contribution in [-0.2, 0) is 66.3 Å². The number of ether oxygens (including phenoxy) is 2. The smallest absolute Gasteiger partial charge is 0.291 e. The SMILES string of the molecule is Cn1cnc(CN(CCc2ccc(Br)cc2)Cc2ccc(Oc3ccccc3)cc2)n1.[C-]#[N+]c1ccc(CO)cc1.[C-]#[N+]c1ccc(C[n+]2cn(C)nc2CN(CCc2ccc(Br)cc2)Cc2ccc(Oc3ccccc3)cc2)cc1. The van der Waals surface area contributed by atoms with Gasteiger partial charge >= 0.3 is 0 Å². The van der Waals surface area contributed by atoms with Crippen LogP contribution in [0.1, 0.15) is 45.0 Å². The molecule has 0 radical (unpaired) electrons. The minimum atomic E-state index is 0.0400. The van der Waals surface area contributed by atoms with Gasteiger partial charge in [0.15, 0.2) is 17.2 Å². The fourth-order valence-corrected chi connectivity index (χ4v) is 9.12. The van der Waals surface area contributed by atoms with Gasteiger partial charge in [-0.25, -0.2) is 19.2 Å². The lowest BCUT2D eigenvalue weighted by atomic mass is 10.1. The average Bonchev–Trinajstić information content (AvgIpc) is 4.08. The second kappa shape index (κ2) is 30.7. The molecule has 0 saturated carbocycles. The van der Waals surface area contributed by atoms with E-state index in [1.165, 1.54) is 22.3 Å². The number of benzene rings is 8. The molecule has 0 unspecified atom stereocenters. The maximum Gasteiger partial charge on any atom is 0.291 e. The number of aliphatic hydroxyl groups is 1. The van der Waals surface area contributed by atoms with Crippen molar-refractivity contribution in [2.45, 2.75) is 52.2 Å². The lowest BCUT2D eigenvalue weighted by Crippen LogP contribution is -2.40. The Kier molecular flexibility index (Phi) is 22.2. The number of aromatic nitrogens is 6. The minimum Gasteiger partial charge on any atom is -0.457 e. The van der Waals surface area contributed by atoms with E-state index in [4.69, 9.17) is 32.8 Å². The van der Waals surface area contributed by atoms with Crippen molar-refractivity contribution in [3.05, 3.63) is 296 Å². The fraction of sp³-hybridized carbons (Fsp3) is 0.182. The van der Waals surface area contributed by atoms with E-state index in [2.05, 4.69) is 139 Å². The van der Waals surface area contributed by atoms with Crippen LogP contribution in [0, 0.1) is 13.1 Å². The summed E-state index contributed by atoms with van der Waals surface area (Å²) in [4.78, 5) is 15.9. The summed E-state index contributed by atoms with van der Waals surface area (Å²) in [6, 6.07) is 68.0. The normalized spacial score (nSPS) is 10.7. The Morgan fingerprint density at radius 1 is 0.481 bits per heavy atom. The first kappa shape index (κ1) is 58.6. The number of hydrogen-bond acceptors (Lipinski definition) is 8. The molecule has 0 saturated heterocycles. The number of para-hydroxylation sites is 2. The molecule has 0 fully saturated rings. The molecular formula is C66H63Br2N10O3+. The van der Waals surface area contributed by atoms with Crippen LogP contribution in [0.4, 0.5) is 11.4 Å². The quantitative estimate of drug-likeness (QED) is 0.0560. The van der Waals surface area contributed by atoms with E-state index in [1.807, 2.05) is 134 Å². The van der Waals surface area contributed by atoms with Gasteiger partial charge in [0.25, 0.3) is 5.82 Å². The van der Waals surface area contributed by atoms with Crippen molar-refractivity contribution in [3.63, 3.8) is 0 Å². The van der Waals surface area contributed by atoms with Gasteiger partial charge in [-0.15, -0.1) is 4.68 Å². The maximum atomic E-state index is 8.62. The van der Waals surface area contributed by atoms with Gasteiger partial charge in [-0.2, -0.15) is 5.10 Å². The Hall–Kier alpha value is -8.54. The van der Waals surface area contributed by atoms with Gasteiger partial charge in [0.2, 0.25) is 6.33 Å². The van der Waals surface area contributed by atoms with E-state index in [0.717, 1.165) is 93.7 Å². The molecule has 0 aliphatic heterocycles. The molecular weight excluding hydrogens is 1140 g/mol. The van der Waals surface area contributed by atoms with Crippen LogP contribution in [0.5, 0.6) is 23.0 Å². The van der Waals surface area contributed by atoms with E-state index in [1.54, 1.807) is 35.3 Å². The Bertz CT molecular complexity index is 3550. The molecule has 81 heavy (non-hydrogen) atoms. The number of nitrogens with zero attached hydrogens (tertiary/aromatic N) is 10. The van der Waals surface area contributed by atoms with E-state index < -0.39 is 0 Å². The largest absolute Gasteiger partial charge is 0.457 e. The molecule has 0 aliphatic rings. The highest BCUT2D eigenvalue weighted by Crippen LogP contribution is 2.24. The third kappa shape index (κ3) is 19.7. The Morgan fingerprint density at radius 3 is 1.33 bits per heavy atom. The fourth-order valence-electron chi connectivity index (χ4n) is 8.59. The summed E-state index contributed by atoms with van der Waals surface area (Å²) in [6.45, 7) is 19.4. The van der Waals surface area contributed by atoms with Crippen molar-refractivity contribution in [2.24, 2.45) is 14.1 Å². The highest BCUT2D eigenvalue weighted by molar-refractivity contribution is 9.10.